The Bertz CT molecular complexity index is 612. The predicted octanol–water partition coefficient (Wildman–Crippen LogP) is 3.90. The number of rotatable bonds is 6. The Morgan fingerprint density at radius 3 is 2.68 bits per heavy atom. The number of ether oxygens (including phenoxy) is 1. The van der Waals surface area contributed by atoms with Crippen LogP contribution in [0.3, 0.4) is 0 Å². The minimum absolute atomic E-state index is 0.00523. The first-order chi connectivity index (χ1) is 10.4. The highest BCUT2D eigenvalue weighted by Gasteiger charge is 2.31. The summed E-state index contributed by atoms with van der Waals surface area (Å²) in [7, 11) is 0. The van der Waals surface area contributed by atoms with E-state index in [-0.39, 0.29) is 23.8 Å². The third-order valence-corrected chi connectivity index (χ3v) is 3.63. The van der Waals surface area contributed by atoms with Crippen LogP contribution in [0.5, 0.6) is 5.75 Å². The zero-order valence-electron chi connectivity index (χ0n) is 11.5. The summed E-state index contributed by atoms with van der Waals surface area (Å²) in [6.07, 6.45) is -3.85. The first kappa shape index (κ1) is 16.4. The third-order valence-electron chi connectivity index (χ3n) is 2.90. The summed E-state index contributed by atoms with van der Waals surface area (Å²) in [5.74, 6) is -0.513. The maximum absolute atomic E-state index is 12.3. The number of hydrogen-bond acceptors (Lipinski definition) is 3. The van der Waals surface area contributed by atoms with Gasteiger partial charge >= 0.3 is 6.36 Å². The molecule has 1 heterocycles. The van der Waals surface area contributed by atoms with Crippen molar-refractivity contribution < 1.29 is 22.7 Å². The zero-order valence-corrected chi connectivity index (χ0v) is 12.3. The Hall–Kier alpha value is -2.02. The number of hydrogen-bond donors (Lipinski definition) is 1. The van der Waals surface area contributed by atoms with E-state index in [2.05, 4.69) is 10.1 Å². The maximum atomic E-state index is 12.3. The van der Waals surface area contributed by atoms with E-state index >= 15 is 0 Å². The fourth-order valence-electron chi connectivity index (χ4n) is 1.85. The maximum Gasteiger partial charge on any atom is 0.573 e. The second-order valence-corrected chi connectivity index (χ2v) is 5.34. The van der Waals surface area contributed by atoms with Crippen LogP contribution < -0.4 is 10.1 Å². The van der Waals surface area contributed by atoms with E-state index in [1.165, 1.54) is 18.2 Å². The molecule has 0 bridgehead atoms. The fourth-order valence-corrected chi connectivity index (χ4v) is 2.55. The van der Waals surface area contributed by atoms with Gasteiger partial charge in [0.15, 0.2) is 0 Å². The molecule has 3 nitrogen and oxygen atoms in total. The van der Waals surface area contributed by atoms with E-state index in [0.717, 1.165) is 5.56 Å². The van der Waals surface area contributed by atoms with Crippen LogP contribution in [0.2, 0.25) is 0 Å². The lowest BCUT2D eigenvalue weighted by Gasteiger charge is -2.13. The van der Waals surface area contributed by atoms with Crippen molar-refractivity contribution in [3.8, 4) is 5.75 Å². The van der Waals surface area contributed by atoms with E-state index in [1.807, 2.05) is 16.8 Å². The molecule has 0 aliphatic heterocycles. The van der Waals surface area contributed by atoms with Crippen molar-refractivity contribution in [1.29, 1.82) is 0 Å². The average Bonchev–Trinajstić information content (AvgIpc) is 2.96. The van der Waals surface area contributed by atoms with Crippen LogP contribution in [0.15, 0.2) is 41.1 Å². The first-order valence-corrected chi connectivity index (χ1v) is 7.50. The summed E-state index contributed by atoms with van der Waals surface area (Å²) >= 11 is 1.55. The van der Waals surface area contributed by atoms with E-state index in [9.17, 15) is 18.0 Å². The predicted molar refractivity (Wildman–Crippen MR) is 77.6 cm³/mol. The summed E-state index contributed by atoms with van der Waals surface area (Å²) in [5, 5.41) is 6.49. The zero-order chi connectivity index (χ0) is 16.0. The molecule has 7 heteroatoms. The standard InChI is InChI=1S/C15H14F3NO2S/c16-15(17,18)21-13-4-2-1-3-12(13)9-19-14(20)6-5-11-7-8-22-10-11/h1-4,7-8,10H,5-6,9H2,(H,19,20). The number of aryl methyl sites for hydroxylation is 1. The number of alkyl halides is 3. The van der Waals surface area contributed by atoms with Crippen molar-refractivity contribution in [3.05, 3.63) is 52.2 Å². The Labute approximate surface area is 129 Å². The second-order valence-electron chi connectivity index (χ2n) is 4.56. The molecule has 2 aromatic rings. The number of nitrogens with one attached hydrogen (secondary N) is 1. The average molecular weight is 329 g/mol. The molecule has 2 rings (SSSR count). The SMILES string of the molecule is O=C(CCc1ccsc1)NCc1ccccc1OC(F)(F)F. The van der Waals surface area contributed by atoms with Crippen LogP contribution in [0.1, 0.15) is 17.5 Å². The Kier molecular flexibility index (Phi) is 5.43. The number of para-hydroxylation sites is 1. The molecule has 1 N–H and O–H groups in total. The highest BCUT2D eigenvalue weighted by atomic mass is 32.1. The van der Waals surface area contributed by atoms with E-state index < -0.39 is 6.36 Å². The van der Waals surface area contributed by atoms with Gasteiger partial charge in [-0.25, -0.2) is 0 Å². The van der Waals surface area contributed by atoms with Crippen molar-refractivity contribution in [1.82, 2.24) is 5.32 Å². The van der Waals surface area contributed by atoms with Crippen LogP contribution in [0.4, 0.5) is 13.2 Å². The van der Waals surface area contributed by atoms with Crippen molar-refractivity contribution >= 4 is 17.2 Å². The molecule has 0 saturated heterocycles. The largest absolute Gasteiger partial charge is 0.573 e. The summed E-state index contributed by atoms with van der Waals surface area (Å²) in [6, 6.07) is 7.68. The number of benzene rings is 1. The van der Waals surface area contributed by atoms with Crippen LogP contribution >= 0.6 is 11.3 Å². The van der Waals surface area contributed by atoms with Gasteiger partial charge in [0.05, 0.1) is 0 Å². The number of carbonyl (C=O) groups excluding carboxylic acids is 1. The van der Waals surface area contributed by atoms with Gasteiger partial charge in [-0.15, -0.1) is 13.2 Å². The second kappa shape index (κ2) is 7.31. The van der Waals surface area contributed by atoms with E-state index in [4.69, 9.17) is 0 Å². The molecule has 0 spiro atoms. The molecule has 0 aliphatic carbocycles. The normalized spacial score (nSPS) is 11.2. The number of halogens is 3. The molecular formula is C15H14F3NO2S. The van der Waals surface area contributed by atoms with Crippen molar-refractivity contribution in [2.75, 3.05) is 0 Å². The molecule has 0 aliphatic rings. The molecule has 22 heavy (non-hydrogen) atoms. The number of thiophene rings is 1. The van der Waals surface area contributed by atoms with Gasteiger partial charge in [-0.05, 0) is 34.9 Å². The van der Waals surface area contributed by atoms with Gasteiger partial charge < -0.3 is 10.1 Å². The van der Waals surface area contributed by atoms with Gasteiger partial charge in [-0.2, -0.15) is 11.3 Å². The summed E-state index contributed by atoms with van der Waals surface area (Å²) in [6.45, 7) is -0.00523. The van der Waals surface area contributed by atoms with E-state index in [0.29, 0.717) is 12.8 Å². The lowest BCUT2D eigenvalue weighted by Crippen LogP contribution is -2.24. The van der Waals surface area contributed by atoms with Crippen LogP contribution in [0, 0.1) is 0 Å². The molecular weight excluding hydrogens is 315 g/mol. The summed E-state index contributed by atoms with van der Waals surface area (Å²) in [4.78, 5) is 11.7. The first-order valence-electron chi connectivity index (χ1n) is 6.55. The molecule has 0 atom stereocenters. The van der Waals surface area contributed by atoms with Crippen LogP contribution in [-0.4, -0.2) is 12.3 Å². The molecule has 0 radical (unpaired) electrons. The fraction of sp³-hybridized carbons (Fsp3) is 0.267. The molecule has 0 unspecified atom stereocenters. The number of amides is 1. The molecule has 1 aromatic carbocycles. The molecule has 118 valence electrons. The smallest absolute Gasteiger partial charge is 0.405 e. The minimum atomic E-state index is -4.75. The van der Waals surface area contributed by atoms with Gasteiger partial charge in [-0.3, -0.25) is 4.79 Å². The van der Waals surface area contributed by atoms with Crippen LogP contribution in [-0.2, 0) is 17.8 Å². The lowest BCUT2D eigenvalue weighted by atomic mass is 10.1. The minimum Gasteiger partial charge on any atom is -0.405 e. The summed E-state index contributed by atoms with van der Waals surface area (Å²) in [5.41, 5.74) is 1.35. The Morgan fingerprint density at radius 2 is 2.00 bits per heavy atom. The molecule has 0 fully saturated rings. The van der Waals surface area contributed by atoms with Crippen LogP contribution in [0.25, 0.3) is 0 Å². The highest BCUT2D eigenvalue weighted by molar-refractivity contribution is 7.07. The van der Waals surface area contributed by atoms with Gasteiger partial charge in [0.25, 0.3) is 0 Å². The molecule has 0 saturated carbocycles. The van der Waals surface area contributed by atoms with Crippen molar-refractivity contribution in [2.24, 2.45) is 0 Å². The monoisotopic (exact) mass is 329 g/mol. The topological polar surface area (TPSA) is 38.3 Å². The van der Waals surface area contributed by atoms with Gasteiger partial charge in [0.2, 0.25) is 5.91 Å². The summed E-state index contributed by atoms with van der Waals surface area (Å²) < 4.78 is 40.8. The van der Waals surface area contributed by atoms with E-state index in [1.54, 1.807) is 17.4 Å². The van der Waals surface area contributed by atoms with Crippen molar-refractivity contribution in [2.45, 2.75) is 25.7 Å². The van der Waals surface area contributed by atoms with Gasteiger partial charge in [0, 0.05) is 18.5 Å². The Balaban J connectivity index is 1.87. The molecule has 1 amide bonds. The third kappa shape index (κ3) is 5.40. The lowest BCUT2D eigenvalue weighted by molar-refractivity contribution is -0.274. The van der Waals surface area contributed by atoms with Crippen molar-refractivity contribution in [3.63, 3.8) is 0 Å². The molecule has 1 aromatic heterocycles. The Morgan fingerprint density at radius 1 is 1.23 bits per heavy atom. The number of carbonyl (C=O) groups is 1. The van der Waals surface area contributed by atoms with Gasteiger partial charge in [-0.1, -0.05) is 18.2 Å². The van der Waals surface area contributed by atoms with Gasteiger partial charge in [0.1, 0.15) is 5.75 Å². The quantitative estimate of drug-likeness (QED) is 0.873. The highest BCUT2D eigenvalue weighted by Crippen LogP contribution is 2.26.